The number of carbonyl (C=O) groups excluding carboxylic acids is 3. The van der Waals surface area contributed by atoms with Crippen LogP contribution in [0.2, 0.25) is 5.02 Å². The molecule has 2 aliphatic rings. The first-order chi connectivity index (χ1) is 18.1. The molecule has 3 unspecified atom stereocenters. The summed E-state index contributed by atoms with van der Waals surface area (Å²) in [6.45, 7) is 7.95. The smallest absolute Gasteiger partial charge is 0.245 e. The van der Waals surface area contributed by atoms with Gasteiger partial charge in [-0.05, 0) is 75.1 Å². The third kappa shape index (κ3) is 5.82. The Morgan fingerprint density at radius 1 is 1.08 bits per heavy atom. The number of halogens is 1. The van der Waals surface area contributed by atoms with Crippen molar-refractivity contribution in [2.24, 2.45) is 5.92 Å². The minimum atomic E-state index is -3.97. The van der Waals surface area contributed by atoms with E-state index in [2.05, 4.69) is 4.72 Å². The molecule has 2 heterocycles. The number of hydrogen-bond acceptors (Lipinski definition) is 5. The Hall–Kier alpha value is -2.69. The quantitative estimate of drug-likeness (QED) is 0.532. The van der Waals surface area contributed by atoms with Gasteiger partial charge in [-0.25, -0.2) is 8.42 Å². The van der Waals surface area contributed by atoms with Crippen molar-refractivity contribution in [2.75, 3.05) is 32.7 Å². The lowest BCUT2D eigenvalue weighted by molar-refractivity contribution is -0.147. The van der Waals surface area contributed by atoms with E-state index in [9.17, 15) is 22.8 Å². The molecule has 0 saturated carbocycles. The van der Waals surface area contributed by atoms with Crippen LogP contribution < -0.4 is 4.72 Å². The summed E-state index contributed by atoms with van der Waals surface area (Å²) >= 11 is 6.02. The number of nitrogens with zero attached hydrogens (tertiary/aromatic N) is 3. The summed E-state index contributed by atoms with van der Waals surface area (Å²) in [7, 11) is -3.97. The summed E-state index contributed by atoms with van der Waals surface area (Å²) in [5.41, 5.74) is 0. The van der Waals surface area contributed by atoms with Gasteiger partial charge in [-0.1, -0.05) is 23.7 Å². The minimum Gasteiger partial charge on any atom is -0.343 e. The van der Waals surface area contributed by atoms with Gasteiger partial charge >= 0.3 is 0 Å². The van der Waals surface area contributed by atoms with Crippen LogP contribution in [0.1, 0.15) is 40.0 Å². The van der Waals surface area contributed by atoms with Gasteiger partial charge in [0.1, 0.15) is 12.1 Å². The third-order valence-corrected chi connectivity index (χ3v) is 9.31. The molecule has 0 radical (unpaired) electrons. The zero-order chi connectivity index (χ0) is 27.6. The summed E-state index contributed by atoms with van der Waals surface area (Å²) in [6, 6.07) is 8.19. The van der Waals surface area contributed by atoms with Crippen molar-refractivity contribution in [1.29, 1.82) is 0 Å². The summed E-state index contributed by atoms with van der Waals surface area (Å²) in [6.07, 6.45) is 1.73. The lowest BCUT2D eigenvalue weighted by atomic mass is 9.96. The Morgan fingerprint density at radius 3 is 2.47 bits per heavy atom. The van der Waals surface area contributed by atoms with Crippen molar-refractivity contribution in [3.8, 4) is 0 Å². The topological polar surface area (TPSA) is 107 Å². The zero-order valence-corrected chi connectivity index (χ0v) is 23.6. The number of hydrogen-bond donors (Lipinski definition) is 1. The average Bonchev–Trinajstić information content (AvgIpc) is 3.27. The largest absolute Gasteiger partial charge is 0.343 e. The van der Waals surface area contributed by atoms with Crippen LogP contribution >= 0.6 is 11.6 Å². The van der Waals surface area contributed by atoms with Crippen molar-refractivity contribution >= 4 is 50.1 Å². The van der Waals surface area contributed by atoms with Crippen molar-refractivity contribution in [3.05, 3.63) is 41.4 Å². The van der Waals surface area contributed by atoms with E-state index in [1.165, 1.54) is 11.0 Å². The van der Waals surface area contributed by atoms with Crippen LogP contribution in [-0.4, -0.2) is 85.6 Å². The van der Waals surface area contributed by atoms with Crippen molar-refractivity contribution < 1.29 is 22.8 Å². The normalized spacial score (nSPS) is 21.1. The molecular weight excluding hydrogens is 528 g/mol. The lowest BCUT2D eigenvalue weighted by Crippen LogP contribution is -2.53. The summed E-state index contributed by atoms with van der Waals surface area (Å²) in [4.78, 5) is 44.3. The van der Waals surface area contributed by atoms with Crippen molar-refractivity contribution in [2.45, 2.75) is 57.0 Å². The van der Waals surface area contributed by atoms with Gasteiger partial charge in [-0.3, -0.25) is 14.4 Å². The monoisotopic (exact) mass is 562 g/mol. The maximum absolute atomic E-state index is 13.3. The van der Waals surface area contributed by atoms with Crippen LogP contribution in [0.15, 0.2) is 41.3 Å². The predicted molar refractivity (Wildman–Crippen MR) is 146 cm³/mol. The van der Waals surface area contributed by atoms with Crippen molar-refractivity contribution in [3.63, 3.8) is 0 Å². The number of piperidine rings is 1. The van der Waals surface area contributed by atoms with E-state index >= 15 is 0 Å². The van der Waals surface area contributed by atoms with Crippen LogP contribution in [0.5, 0.6) is 0 Å². The zero-order valence-electron chi connectivity index (χ0n) is 22.0. The molecule has 2 aliphatic heterocycles. The fraction of sp³-hybridized carbons (Fsp3) is 0.519. The van der Waals surface area contributed by atoms with Gasteiger partial charge in [0.15, 0.2) is 0 Å². The average molecular weight is 563 g/mol. The number of fused-ring (bicyclic) bond motifs is 1. The number of likely N-dealkylation sites (tertiary alicyclic amines) is 2. The molecule has 2 aromatic rings. The summed E-state index contributed by atoms with van der Waals surface area (Å²) < 4.78 is 28.7. The van der Waals surface area contributed by atoms with Gasteiger partial charge in [0.2, 0.25) is 27.7 Å². The maximum Gasteiger partial charge on any atom is 0.245 e. The van der Waals surface area contributed by atoms with Crippen LogP contribution in [0.4, 0.5) is 0 Å². The molecule has 11 heteroatoms. The Bertz CT molecular complexity index is 1330. The number of rotatable bonds is 8. The molecular formula is C27H35ClN4O5S. The van der Waals surface area contributed by atoms with Crippen molar-refractivity contribution in [1.82, 2.24) is 19.4 Å². The van der Waals surface area contributed by atoms with E-state index in [1.54, 1.807) is 47.1 Å². The van der Waals surface area contributed by atoms with E-state index in [0.29, 0.717) is 31.2 Å². The number of nitrogens with one attached hydrogen (secondary N) is 1. The minimum absolute atomic E-state index is 0.0555. The first-order valence-corrected chi connectivity index (χ1v) is 15.0. The van der Waals surface area contributed by atoms with E-state index in [-0.39, 0.29) is 35.6 Å². The molecule has 0 aliphatic carbocycles. The van der Waals surface area contributed by atoms with Gasteiger partial charge in [0.25, 0.3) is 0 Å². The summed E-state index contributed by atoms with van der Waals surface area (Å²) in [5.74, 6) is -0.822. The number of amides is 3. The maximum atomic E-state index is 13.3. The fourth-order valence-electron chi connectivity index (χ4n) is 5.38. The van der Waals surface area contributed by atoms with Gasteiger partial charge in [-0.15, -0.1) is 0 Å². The molecule has 4 rings (SSSR count). The van der Waals surface area contributed by atoms with E-state index < -0.39 is 28.0 Å². The van der Waals surface area contributed by atoms with E-state index in [0.717, 1.165) is 23.6 Å². The predicted octanol–water partition coefficient (Wildman–Crippen LogP) is 2.87. The molecule has 3 amide bonds. The SMILES string of the molecule is CCN(CC)C(=O)C1CCCN(C(=O)C(C)N2CCC(NS(=O)(=O)c3ccc4cc(Cl)ccc4c3)C2=O)C1. The number of carbonyl (C=O) groups is 3. The van der Waals surface area contributed by atoms with Gasteiger partial charge in [0.05, 0.1) is 10.8 Å². The van der Waals surface area contributed by atoms with Gasteiger partial charge in [0, 0.05) is 37.7 Å². The standard InChI is InChI=1S/C27H35ClN4O5S/c1-4-30(5-2)26(34)21-7-6-13-31(17-21)25(33)18(3)32-14-12-24(27(32)35)29-38(36,37)23-11-9-19-15-22(28)10-8-20(19)16-23/h8-11,15-16,18,21,24,29H,4-7,12-14,17H2,1-3H3. The molecule has 38 heavy (non-hydrogen) atoms. The van der Waals surface area contributed by atoms with E-state index in [4.69, 9.17) is 11.6 Å². The Balaban J connectivity index is 1.41. The first kappa shape index (κ1) is 28.3. The Labute approximate surface area is 229 Å². The van der Waals surface area contributed by atoms with Crippen LogP contribution in [0.3, 0.4) is 0 Å². The molecule has 3 atom stereocenters. The Morgan fingerprint density at radius 2 is 1.76 bits per heavy atom. The summed E-state index contributed by atoms with van der Waals surface area (Å²) in [5, 5.41) is 2.09. The van der Waals surface area contributed by atoms with Crippen LogP contribution in [0, 0.1) is 5.92 Å². The molecule has 2 aromatic carbocycles. The lowest BCUT2D eigenvalue weighted by Gasteiger charge is -2.37. The highest BCUT2D eigenvalue weighted by Crippen LogP contribution is 2.25. The van der Waals surface area contributed by atoms with Crippen LogP contribution in [0.25, 0.3) is 10.8 Å². The van der Waals surface area contributed by atoms with E-state index in [1.807, 2.05) is 13.8 Å². The molecule has 1 N–H and O–H groups in total. The molecule has 0 spiro atoms. The molecule has 0 aromatic heterocycles. The second-order valence-corrected chi connectivity index (χ2v) is 12.1. The highest BCUT2D eigenvalue weighted by Gasteiger charge is 2.41. The molecule has 9 nitrogen and oxygen atoms in total. The number of sulfonamides is 1. The Kier molecular flexibility index (Phi) is 8.64. The molecule has 2 saturated heterocycles. The van der Waals surface area contributed by atoms with Gasteiger partial charge in [-0.2, -0.15) is 4.72 Å². The molecule has 206 valence electrons. The van der Waals surface area contributed by atoms with Crippen LogP contribution in [-0.2, 0) is 24.4 Å². The van der Waals surface area contributed by atoms with Gasteiger partial charge < -0.3 is 14.7 Å². The fourth-order valence-corrected chi connectivity index (χ4v) is 6.82. The first-order valence-electron chi connectivity index (χ1n) is 13.2. The second kappa shape index (κ2) is 11.6. The highest BCUT2D eigenvalue weighted by molar-refractivity contribution is 7.89. The molecule has 0 bridgehead atoms. The second-order valence-electron chi connectivity index (χ2n) is 9.96. The third-order valence-electron chi connectivity index (χ3n) is 7.60. The highest BCUT2D eigenvalue weighted by atomic mass is 35.5. The number of benzene rings is 2. The molecule has 2 fully saturated rings.